The van der Waals surface area contributed by atoms with Crippen molar-refractivity contribution in [3.8, 4) is 0 Å². The van der Waals surface area contributed by atoms with Gasteiger partial charge in [-0.1, -0.05) is 42.8 Å². The molecule has 1 atom stereocenters. The summed E-state index contributed by atoms with van der Waals surface area (Å²) in [6, 6.07) is 13.9. The van der Waals surface area contributed by atoms with E-state index >= 15 is 0 Å². The first kappa shape index (κ1) is 21.3. The van der Waals surface area contributed by atoms with Gasteiger partial charge in [0.25, 0.3) is 5.91 Å². The molecule has 6 nitrogen and oxygen atoms in total. The molecule has 4 rings (SSSR count). The molecular weight excluding hydrogens is 414 g/mol. The van der Waals surface area contributed by atoms with Crippen LogP contribution in [-0.2, 0) is 22.8 Å². The number of carbonyl (C=O) groups is 1. The summed E-state index contributed by atoms with van der Waals surface area (Å²) < 4.78 is 30.0. The fraction of sp³-hybridized carbons (Fsp3) is 0.333. The summed E-state index contributed by atoms with van der Waals surface area (Å²) in [5.74, 6) is -0.571. The number of fused-ring (bicyclic) bond motifs is 1. The van der Waals surface area contributed by atoms with Crippen molar-refractivity contribution in [1.82, 2.24) is 4.90 Å². The molecule has 0 unspecified atom stereocenters. The predicted molar refractivity (Wildman–Crippen MR) is 120 cm³/mol. The summed E-state index contributed by atoms with van der Waals surface area (Å²) in [5.41, 5.74) is 3.06. The minimum atomic E-state index is -3.19. The molecule has 0 radical (unpaired) electrons. The lowest BCUT2D eigenvalue weighted by atomic mass is 10.1. The van der Waals surface area contributed by atoms with Gasteiger partial charge in [-0.25, -0.2) is 8.42 Å². The number of sulfone groups is 1. The molecule has 0 N–H and O–H groups in total. The third kappa shape index (κ3) is 4.56. The molecule has 0 aliphatic carbocycles. The average molecular weight is 440 g/mol. The number of amides is 1. The fourth-order valence-corrected chi connectivity index (χ4v) is 5.68. The molecule has 3 aromatic rings. The van der Waals surface area contributed by atoms with Crippen LogP contribution in [0.1, 0.15) is 40.6 Å². The molecule has 2 aromatic carbocycles. The molecule has 1 fully saturated rings. The summed E-state index contributed by atoms with van der Waals surface area (Å²) in [6.45, 7) is 4.22. The van der Waals surface area contributed by atoms with Gasteiger partial charge in [0.15, 0.2) is 21.0 Å². The highest BCUT2D eigenvalue weighted by atomic mass is 32.2. The van der Waals surface area contributed by atoms with E-state index in [1.165, 1.54) is 11.0 Å². The van der Waals surface area contributed by atoms with Crippen LogP contribution >= 0.6 is 0 Å². The van der Waals surface area contributed by atoms with Crippen LogP contribution in [-0.4, -0.2) is 36.8 Å². The van der Waals surface area contributed by atoms with E-state index in [0.29, 0.717) is 17.4 Å². The van der Waals surface area contributed by atoms with Gasteiger partial charge in [0.05, 0.1) is 16.9 Å². The van der Waals surface area contributed by atoms with E-state index in [2.05, 4.69) is 0 Å². The maximum Gasteiger partial charge on any atom is 0.290 e. The van der Waals surface area contributed by atoms with Crippen molar-refractivity contribution in [2.45, 2.75) is 39.3 Å². The molecule has 1 aliphatic heterocycles. The van der Waals surface area contributed by atoms with Crippen molar-refractivity contribution < 1.29 is 17.6 Å². The van der Waals surface area contributed by atoms with E-state index < -0.39 is 21.8 Å². The summed E-state index contributed by atoms with van der Waals surface area (Å²) in [7, 11) is -3.19. The lowest BCUT2D eigenvalue weighted by Gasteiger charge is -2.28. The van der Waals surface area contributed by atoms with Crippen LogP contribution in [0.2, 0.25) is 0 Å². The summed E-state index contributed by atoms with van der Waals surface area (Å²) in [5, 5.41) is 0.435. The lowest BCUT2D eigenvalue weighted by molar-refractivity contribution is 0.0648. The zero-order valence-corrected chi connectivity index (χ0v) is 18.4. The number of hydrogen-bond acceptors (Lipinski definition) is 5. The minimum absolute atomic E-state index is 0.0524. The first-order valence-corrected chi connectivity index (χ1v) is 12.2. The van der Waals surface area contributed by atoms with Gasteiger partial charge in [-0.15, -0.1) is 0 Å². The topological polar surface area (TPSA) is 84.7 Å². The maximum atomic E-state index is 13.4. The zero-order chi connectivity index (χ0) is 22.2. The van der Waals surface area contributed by atoms with E-state index in [4.69, 9.17) is 4.42 Å². The monoisotopic (exact) mass is 439 g/mol. The Labute approximate surface area is 181 Å². The molecule has 1 aromatic heterocycles. The second kappa shape index (κ2) is 8.30. The second-order valence-corrected chi connectivity index (χ2v) is 10.4. The van der Waals surface area contributed by atoms with Gasteiger partial charge in [0, 0.05) is 18.7 Å². The van der Waals surface area contributed by atoms with Gasteiger partial charge in [-0.2, -0.15) is 0 Å². The summed E-state index contributed by atoms with van der Waals surface area (Å²) in [4.78, 5) is 27.6. The quantitative estimate of drug-likeness (QED) is 0.608. The normalized spacial score (nSPS) is 17.7. The van der Waals surface area contributed by atoms with Crippen LogP contribution in [0.25, 0.3) is 11.0 Å². The number of benzene rings is 2. The molecule has 1 amide bonds. The van der Waals surface area contributed by atoms with Crippen molar-refractivity contribution in [3.63, 3.8) is 0 Å². The molecular formula is C24H25NO5S. The SMILES string of the molecule is CCc1ccc2oc(C(=O)N(Cc3ccc(C)cc3)[C@@H]3CCS(=O)(=O)C3)cc(=O)c2c1. The molecule has 1 saturated heterocycles. The zero-order valence-electron chi connectivity index (χ0n) is 17.6. The molecule has 31 heavy (non-hydrogen) atoms. The first-order valence-electron chi connectivity index (χ1n) is 10.4. The molecule has 7 heteroatoms. The number of rotatable bonds is 5. The van der Waals surface area contributed by atoms with E-state index in [1.807, 2.05) is 44.2 Å². The Balaban J connectivity index is 1.72. The summed E-state index contributed by atoms with van der Waals surface area (Å²) >= 11 is 0. The van der Waals surface area contributed by atoms with Crippen LogP contribution in [0.4, 0.5) is 0 Å². The van der Waals surface area contributed by atoms with E-state index in [9.17, 15) is 18.0 Å². The Bertz CT molecular complexity index is 1290. The average Bonchev–Trinajstić information content (AvgIpc) is 3.12. The Morgan fingerprint density at radius 3 is 2.45 bits per heavy atom. The van der Waals surface area contributed by atoms with Gasteiger partial charge in [-0.3, -0.25) is 9.59 Å². The highest BCUT2D eigenvalue weighted by Gasteiger charge is 2.36. The van der Waals surface area contributed by atoms with Crippen molar-refractivity contribution in [2.75, 3.05) is 11.5 Å². The van der Waals surface area contributed by atoms with Gasteiger partial charge < -0.3 is 9.32 Å². The van der Waals surface area contributed by atoms with Crippen LogP contribution in [0.5, 0.6) is 0 Å². The van der Waals surface area contributed by atoms with Crippen molar-refractivity contribution in [3.05, 3.63) is 81.2 Å². The van der Waals surface area contributed by atoms with E-state index in [1.54, 1.807) is 12.1 Å². The van der Waals surface area contributed by atoms with Crippen LogP contribution in [0, 0.1) is 6.92 Å². The van der Waals surface area contributed by atoms with Crippen LogP contribution < -0.4 is 5.43 Å². The Morgan fingerprint density at radius 2 is 1.81 bits per heavy atom. The fourth-order valence-electron chi connectivity index (χ4n) is 3.95. The predicted octanol–water partition coefficient (Wildman–Crippen LogP) is 3.49. The van der Waals surface area contributed by atoms with Gasteiger partial charge in [-0.05, 0) is 43.0 Å². The van der Waals surface area contributed by atoms with E-state index in [0.717, 1.165) is 23.1 Å². The number of aryl methyl sites for hydroxylation is 2. The minimum Gasteiger partial charge on any atom is -0.451 e. The van der Waals surface area contributed by atoms with Crippen LogP contribution in [0.3, 0.4) is 0 Å². The van der Waals surface area contributed by atoms with Gasteiger partial charge in [0.1, 0.15) is 5.58 Å². The number of nitrogens with zero attached hydrogens (tertiary/aromatic N) is 1. The molecule has 0 bridgehead atoms. The molecule has 2 heterocycles. The Hall–Kier alpha value is -2.93. The lowest BCUT2D eigenvalue weighted by Crippen LogP contribution is -2.40. The molecule has 162 valence electrons. The van der Waals surface area contributed by atoms with Gasteiger partial charge >= 0.3 is 0 Å². The van der Waals surface area contributed by atoms with Crippen molar-refractivity contribution >= 4 is 26.7 Å². The molecule has 1 aliphatic rings. The molecule has 0 spiro atoms. The smallest absolute Gasteiger partial charge is 0.290 e. The standard InChI is InChI=1S/C24H25NO5S/c1-3-17-8-9-22-20(12-17)21(26)13-23(30-22)24(27)25(19-10-11-31(28,29)15-19)14-18-6-4-16(2)5-7-18/h4-9,12-13,19H,3,10-11,14-15H2,1-2H3/t19-/m1/s1. The number of hydrogen-bond donors (Lipinski definition) is 0. The summed E-state index contributed by atoms with van der Waals surface area (Å²) in [6.07, 6.45) is 1.16. The highest BCUT2D eigenvalue weighted by molar-refractivity contribution is 7.91. The highest BCUT2D eigenvalue weighted by Crippen LogP contribution is 2.24. The second-order valence-electron chi connectivity index (χ2n) is 8.13. The molecule has 0 saturated carbocycles. The largest absolute Gasteiger partial charge is 0.451 e. The first-order chi connectivity index (χ1) is 14.8. The maximum absolute atomic E-state index is 13.4. The third-order valence-electron chi connectivity index (χ3n) is 5.79. The van der Waals surface area contributed by atoms with Crippen molar-refractivity contribution in [1.29, 1.82) is 0 Å². The van der Waals surface area contributed by atoms with Gasteiger partial charge in [0.2, 0.25) is 0 Å². The van der Waals surface area contributed by atoms with Crippen LogP contribution in [0.15, 0.2) is 57.7 Å². The van der Waals surface area contributed by atoms with E-state index in [-0.39, 0.29) is 29.2 Å². The third-order valence-corrected chi connectivity index (χ3v) is 7.54. The Morgan fingerprint density at radius 1 is 1.10 bits per heavy atom. The Kier molecular flexibility index (Phi) is 5.71. The van der Waals surface area contributed by atoms with Crippen molar-refractivity contribution in [2.24, 2.45) is 0 Å². The number of carbonyl (C=O) groups excluding carboxylic acids is 1.